The smallest absolute Gasteiger partial charge is 0.131 e. The molecule has 0 amide bonds. The SMILES string of the molecule is Nc1cccc(N2CC(O)C2)n1. The number of aliphatic hydroxyl groups is 1. The zero-order valence-corrected chi connectivity index (χ0v) is 6.64. The number of nitrogens with zero attached hydrogens (tertiary/aromatic N) is 2. The lowest BCUT2D eigenvalue weighted by molar-refractivity contribution is 0.141. The van der Waals surface area contributed by atoms with Crippen LogP contribution in [0.25, 0.3) is 0 Å². The van der Waals surface area contributed by atoms with E-state index in [0.717, 1.165) is 5.82 Å². The Balaban J connectivity index is 2.13. The van der Waals surface area contributed by atoms with Crippen LogP contribution in [-0.2, 0) is 0 Å². The first kappa shape index (κ1) is 7.36. The molecule has 3 N–H and O–H groups in total. The van der Waals surface area contributed by atoms with Crippen molar-refractivity contribution in [3.8, 4) is 0 Å². The molecule has 1 aliphatic rings. The van der Waals surface area contributed by atoms with Gasteiger partial charge >= 0.3 is 0 Å². The molecule has 1 fully saturated rings. The largest absolute Gasteiger partial charge is 0.389 e. The molecule has 0 aliphatic carbocycles. The van der Waals surface area contributed by atoms with E-state index in [9.17, 15) is 0 Å². The predicted octanol–water partition coefficient (Wildman–Crippen LogP) is -0.155. The first-order valence-corrected chi connectivity index (χ1v) is 3.91. The third-order valence-electron chi connectivity index (χ3n) is 1.94. The van der Waals surface area contributed by atoms with Gasteiger partial charge in [0, 0.05) is 13.1 Å². The van der Waals surface area contributed by atoms with Crippen LogP contribution in [0.1, 0.15) is 0 Å². The van der Waals surface area contributed by atoms with E-state index in [1.54, 1.807) is 6.07 Å². The number of nitrogens with two attached hydrogens (primary N) is 1. The maximum atomic E-state index is 9.05. The second-order valence-electron chi connectivity index (χ2n) is 2.98. The number of hydrogen-bond acceptors (Lipinski definition) is 4. The van der Waals surface area contributed by atoms with Gasteiger partial charge in [0.1, 0.15) is 11.6 Å². The molecule has 12 heavy (non-hydrogen) atoms. The number of aliphatic hydroxyl groups excluding tert-OH is 1. The third kappa shape index (κ3) is 1.21. The van der Waals surface area contributed by atoms with Crippen molar-refractivity contribution in [2.45, 2.75) is 6.10 Å². The predicted molar refractivity (Wildman–Crippen MR) is 46.9 cm³/mol. The number of aromatic nitrogens is 1. The Kier molecular flexibility index (Phi) is 1.62. The van der Waals surface area contributed by atoms with Crippen molar-refractivity contribution >= 4 is 11.6 Å². The summed E-state index contributed by atoms with van der Waals surface area (Å²) in [5.74, 6) is 1.37. The molecule has 4 nitrogen and oxygen atoms in total. The van der Waals surface area contributed by atoms with Crippen molar-refractivity contribution in [2.24, 2.45) is 0 Å². The molecule has 4 heteroatoms. The van der Waals surface area contributed by atoms with Gasteiger partial charge in [-0.3, -0.25) is 0 Å². The summed E-state index contributed by atoms with van der Waals surface area (Å²) in [7, 11) is 0. The van der Waals surface area contributed by atoms with Gasteiger partial charge in [0.05, 0.1) is 6.10 Å². The summed E-state index contributed by atoms with van der Waals surface area (Å²) in [5.41, 5.74) is 5.51. The van der Waals surface area contributed by atoms with Gasteiger partial charge in [-0.05, 0) is 12.1 Å². The maximum Gasteiger partial charge on any atom is 0.131 e. The Morgan fingerprint density at radius 1 is 1.50 bits per heavy atom. The summed E-state index contributed by atoms with van der Waals surface area (Å²) < 4.78 is 0. The van der Waals surface area contributed by atoms with Gasteiger partial charge in [-0.15, -0.1) is 0 Å². The topological polar surface area (TPSA) is 62.4 Å². The lowest BCUT2D eigenvalue weighted by atomic mass is 10.2. The molecule has 2 rings (SSSR count). The van der Waals surface area contributed by atoms with Crippen molar-refractivity contribution in [1.29, 1.82) is 0 Å². The molecule has 1 aliphatic heterocycles. The Bertz CT molecular complexity index is 283. The molecule has 2 heterocycles. The Hall–Kier alpha value is -1.29. The number of pyridine rings is 1. The molecular weight excluding hydrogens is 154 g/mol. The van der Waals surface area contributed by atoms with Crippen LogP contribution in [0.4, 0.5) is 11.6 Å². The van der Waals surface area contributed by atoms with Gasteiger partial charge in [-0.1, -0.05) is 6.07 Å². The summed E-state index contributed by atoms with van der Waals surface area (Å²) in [6.07, 6.45) is -0.201. The van der Waals surface area contributed by atoms with Crippen LogP contribution in [0.15, 0.2) is 18.2 Å². The molecule has 1 aromatic rings. The Labute approximate surface area is 70.6 Å². The van der Waals surface area contributed by atoms with Gasteiger partial charge in [0.15, 0.2) is 0 Å². The lowest BCUT2D eigenvalue weighted by Crippen LogP contribution is -2.51. The quantitative estimate of drug-likeness (QED) is 0.607. The Morgan fingerprint density at radius 3 is 2.83 bits per heavy atom. The van der Waals surface area contributed by atoms with E-state index in [-0.39, 0.29) is 6.10 Å². The normalized spacial score (nSPS) is 17.6. The molecule has 64 valence electrons. The summed E-state index contributed by atoms with van der Waals surface area (Å²) in [6, 6.07) is 5.50. The van der Waals surface area contributed by atoms with Crippen molar-refractivity contribution in [2.75, 3.05) is 23.7 Å². The van der Waals surface area contributed by atoms with E-state index in [0.29, 0.717) is 18.9 Å². The van der Waals surface area contributed by atoms with E-state index in [2.05, 4.69) is 4.98 Å². The number of rotatable bonds is 1. The van der Waals surface area contributed by atoms with Gasteiger partial charge in [-0.25, -0.2) is 4.98 Å². The summed E-state index contributed by atoms with van der Waals surface area (Å²) >= 11 is 0. The first-order valence-electron chi connectivity index (χ1n) is 3.91. The zero-order chi connectivity index (χ0) is 8.55. The molecule has 0 atom stereocenters. The summed E-state index contributed by atoms with van der Waals surface area (Å²) in [5, 5.41) is 9.05. The maximum absolute atomic E-state index is 9.05. The van der Waals surface area contributed by atoms with Crippen molar-refractivity contribution < 1.29 is 5.11 Å². The first-order chi connectivity index (χ1) is 5.75. The molecule has 0 aromatic carbocycles. The fraction of sp³-hybridized carbons (Fsp3) is 0.375. The molecular formula is C8H11N3O. The fourth-order valence-electron chi connectivity index (χ4n) is 1.26. The third-order valence-corrected chi connectivity index (χ3v) is 1.94. The number of hydrogen-bond donors (Lipinski definition) is 2. The Morgan fingerprint density at radius 2 is 2.25 bits per heavy atom. The molecule has 0 spiro atoms. The molecule has 0 unspecified atom stereocenters. The minimum Gasteiger partial charge on any atom is -0.389 e. The highest BCUT2D eigenvalue weighted by Crippen LogP contribution is 2.18. The average molecular weight is 165 g/mol. The number of nitrogen functional groups attached to an aromatic ring is 1. The lowest BCUT2D eigenvalue weighted by Gasteiger charge is -2.36. The van der Waals surface area contributed by atoms with Crippen LogP contribution >= 0.6 is 0 Å². The molecule has 0 saturated carbocycles. The van der Waals surface area contributed by atoms with Crippen LogP contribution in [0.2, 0.25) is 0 Å². The highest BCUT2D eigenvalue weighted by atomic mass is 16.3. The standard InChI is InChI=1S/C8H11N3O/c9-7-2-1-3-8(10-7)11-4-6(12)5-11/h1-3,6,12H,4-5H2,(H2,9,10). The second kappa shape index (κ2) is 2.64. The molecule has 0 radical (unpaired) electrons. The molecule has 0 bridgehead atoms. The minimum atomic E-state index is -0.201. The second-order valence-corrected chi connectivity index (χ2v) is 2.98. The number of β-amino-alcohol motifs (C(OH)–C–C–N with tert-alkyl or cyclic N) is 1. The van der Waals surface area contributed by atoms with E-state index in [1.807, 2.05) is 17.0 Å². The van der Waals surface area contributed by atoms with Crippen LogP contribution in [0.5, 0.6) is 0 Å². The zero-order valence-electron chi connectivity index (χ0n) is 6.64. The molecule has 1 saturated heterocycles. The highest BCUT2D eigenvalue weighted by molar-refractivity contribution is 5.46. The van der Waals surface area contributed by atoms with Crippen LogP contribution < -0.4 is 10.6 Å². The van der Waals surface area contributed by atoms with E-state index in [4.69, 9.17) is 10.8 Å². The molecule has 1 aromatic heterocycles. The fourth-order valence-corrected chi connectivity index (χ4v) is 1.26. The van der Waals surface area contributed by atoms with E-state index >= 15 is 0 Å². The van der Waals surface area contributed by atoms with Crippen LogP contribution in [0, 0.1) is 0 Å². The van der Waals surface area contributed by atoms with Crippen LogP contribution in [-0.4, -0.2) is 29.3 Å². The summed E-state index contributed by atoms with van der Waals surface area (Å²) in [4.78, 5) is 6.11. The highest BCUT2D eigenvalue weighted by Gasteiger charge is 2.25. The minimum absolute atomic E-state index is 0.201. The van der Waals surface area contributed by atoms with Crippen molar-refractivity contribution in [1.82, 2.24) is 4.98 Å². The number of anilines is 2. The summed E-state index contributed by atoms with van der Waals surface area (Å²) in [6.45, 7) is 1.33. The van der Waals surface area contributed by atoms with Crippen molar-refractivity contribution in [3.05, 3.63) is 18.2 Å². The van der Waals surface area contributed by atoms with Gasteiger partial charge < -0.3 is 15.7 Å². The van der Waals surface area contributed by atoms with Gasteiger partial charge in [-0.2, -0.15) is 0 Å². The van der Waals surface area contributed by atoms with Gasteiger partial charge in [0.2, 0.25) is 0 Å². The monoisotopic (exact) mass is 165 g/mol. The van der Waals surface area contributed by atoms with E-state index < -0.39 is 0 Å². The van der Waals surface area contributed by atoms with E-state index in [1.165, 1.54) is 0 Å². The van der Waals surface area contributed by atoms with Crippen LogP contribution in [0.3, 0.4) is 0 Å². The van der Waals surface area contributed by atoms with Gasteiger partial charge in [0.25, 0.3) is 0 Å². The average Bonchev–Trinajstić information content (AvgIpc) is 1.99. The van der Waals surface area contributed by atoms with Crippen molar-refractivity contribution in [3.63, 3.8) is 0 Å².